The molecule has 82 valence electrons. The van der Waals surface area contributed by atoms with E-state index in [4.69, 9.17) is 0 Å². The molecule has 1 atom stereocenters. The molecule has 0 heterocycles. The minimum absolute atomic E-state index is 0.892. The first-order valence-corrected chi connectivity index (χ1v) is 6.58. The van der Waals surface area contributed by atoms with Crippen molar-refractivity contribution in [3.05, 3.63) is 0 Å². The molecule has 2 aliphatic rings. The smallest absolute Gasteiger partial charge is 0.00683 e. The van der Waals surface area contributed by atoms with Crippen molar-refractivity contribution in [2.75, 3.05) is 6.54 Å². The van der Waals surface area contributed by atoms with Crippen LogP contribution in [0, 0.1) is 11.8 Å². The Labute approximate surface area is 88.7 Å². The van der Waals surface area contributed by atoms with Crippen molar-refractivity contribution in [3.63, 3.8) is 0 Å². The molecule has 1 N–H and O–H groups in total. The molecule has 0 amide bonds. The minimum atomic E-state index is 0.892. The average Bonchev–Trinajstić information content (AvgIpc) is 3.00. The van der Waals surface area contributed by atoms with E-state index in [9.17, 15) is 0 Å². The maximum Gasteiger partial charge on any atom is 0.00683 e. The molecular weight excluding hydrogens is 170 g/mol. The van der Waals surface area contributed by atoms with E-state index >= 15 is 0 Å². The molecule has 0 aromatic carbocycles. The van der Waals surface area contributed by atoms with Gasteiger partial charge < -0.3 is 5.32 Å². The second-order valence-electron chi connectivity index (χ2n) is 5.53. The predicted molar refractivity (Wildman–Crippen MR) is 61.4 cm³/mol. The summed E-state index contributed by atoms with van der Waals surface area (Å²) in [6.45, 7) is 3.69. The van der Waals surface area contributed by atoms with Gasteiger partial charge >= 0.3 is 0 Å². The molecular formula is C13H25N. The Hall–Kier alpha value is -0.0400. The molecule has 0 radical (unpaired) electrons. The van der Waals surface area contributed by atoms with Gasteiger partial charge in [0.05, 0.1) is 0 Å². The van der Waals surface area contributed by atoms with E-state index in [0.29, 0.717) is 0 Å². The highest BCUT2D eigenvalue weighted by molar-refractivity contribution is 4.81. The van der Waals surface area contributed by atoms with Crippen LogP contribution in [0.1, 0.15) is 58.3 Å². The van der Waals surface area contributed by atoms with E-state index < -0.39 is 0 Å². The zero-order valence-corrected chi connectivity index (χ0v) is 9.60. The first-order chi connectivity index (χ1) is 6.84. The summed E-state index contributed by atoms with van der Waals surface area (Å²) >= 11 is 0. The summed E-state index contributed by atoms with van der Waals surface area (Å²) in [4.78, 5) is 0. The molecule has 0 aliphatic heterocycles. The fourth-order valence-electron chi connectivity index (χ4n) is 2.73. The third-order valence-corrected chi connectivity index (χ3v) is 3.79. The van der Waals surface area contributed by atoms with Crippen molar-refractivity contribution in [1.29, 1.82) is 0 Å². The van der Waals surface area contributed by atoms with E-state index in [2.05, 4.69) is 12.2 Å². The Balaban J connectivity index is 1.57. The average molecular weight is 195 g/mol. The Kier molecular flexibility index (Phi) is 3.86. The molecule has 14 heavy (non-hydrogen) atoms. The summed E-state index contributed by atoms with van der Waals surface area (Å²) < 4.78 is 0. The summed E-state index contributed by atoms with van der Waals surface area (Å²) in [5, 5.41) is 3.65. The number of hydrogen-bond donors (Lipinski definition) is 1. The molecule has 1 nitrogen and oxygen atoms in total. The van der Waals surface area contributed by atoms with Crippen molar-refractivity contribution in [2.45, 2.75) is 64.3 Å². The lowest BCUT2D eigenvalue weighted by Gasteiger charge is -2.24. The Morgan fingerprint density at radius 3 is 2.43 bits per heavy atom. The number of nitrogens with one attached hydrogen (secondary N) is 1. The van der Waals surface area contributed by atoms with E-state index in [1.807, 2.05) is 0 Å². The van der Waals surface area contributed by atoms with Gasteiger partial charge in [0.15, 0.2) is 0 Å². The summed E-state index contributed by atoms with van der Waals surface area (Å²) in [5.74, 6) is 1.96. The maximum atomic E-state index is 3.65. The summed E-state index contributed by atoms with van der Waals surface area (Å²) in [7, 11) is 0. The van der Waals surface area contributed by atoms with Crippen molar-refractivity contribution < 1.29 is 0 Å². The molecule has 2 fully saturated rings. The summed E-state index contributed by atoms with van der Waals surface area (Å²) in [5.41, 5.74) is 0. The van der Waals surface area contributed by atoms with Crippen LogP contribution in [0.2, 0.25) is 0 Å². The largest absolute Gasteiger partial charge is 0.314 e. The molecule has 2 aliphatic carbocycles. The van der Waals surface area contributed by atoms with Crippen molar-refractivity contribution in [3.8, 4) is 0 Å². The number of hydrogen-bond acceptors (Lipinski definition) is 1. The molecule has 0 aromatic rings. The SMILES string of the molecule is CC(CNC1CC1)CC1CCCCC1. The van der Waals surface area contributed by atoms with Gasteiger partial charge in [-0.2, -0.15) is 0 Å². The van der Waals surface area contributed by atoms with E-state index in [1.165, 1.54) is 57.9 Å². The second kappa shape index (κ2) is 5.16. The molecule has 0 spiro atoms. The zero-order chi connectivity index (χ0) is 9.80. The van der Waals surface area contributed by atoms with Crippen molar-refractivity contribution in [1.82, 2.24) is 5.32 Å². The highest BCUT2D eigenvalue weighted by Crippen LogP contribution is 2.29. The molecule has 1 heteroatoms. The Morgan fingerprint density at radius 2 is 1.79 bits per heavy atom. The van der Waals surface area contributed by atoms with Gasteiger partial charge in [0, 0.05) is 6.04 Å². The Morgan fingerprint density at radius 1 is 1.07 bits per heavy atom. The van der Waals surface area contributed by atoms with Crippen LogP contribution in [-0.2, 0) is 0 Å². The van der Waals surface area contributed by atoms with Gasteiger partial charge in [-0.3, -0.25) is 0 Å². The van der Waals surface area contributed by atoms with Gasteiger partial charge in [0.1, 0.15) is 0 Å². The zero-order valence-electron chi connectivity index (χ0n) is 9.60. The normalized spacial score (nSPS) is 26.4. The molecule has 0 aromatic heterocycles. The van der Waals surface area contributed by atoms with Gasteiger partial charge in [-0.1, -0.05) is 39.0 Å². The van der Waals surface area contributed by atoms with E-state index in [1.54, 1.807) is 0 Å². The highest BCUT2D eigenvalue weighted by atomic mass is 14.9. The molecule has 0 bridgehead atoms. The van der Waals surface area contributed by atoms with E-state index in [0.717, 1.165) is 17.9 Å². The topological polar surface area (TPSA) is 12.0 Å². The summed E-state index contributed by atoms with van der Waals surface area (Å²) in [6, 6.07) is 0.892. The predicted octanol–water partition coefficient (Wildman–Crippen LogP) is 3.34. The van der Waals surface area contributed by atoms with Crippen LogP contribution in [0.4, 0.5) is 0 Å². The Bertz CT molecular complexity index is 157. The monoisotopic (exact) mass is 195 g/mol. The maximum absolute atomic E-state index is 3.65. The van der Waals surface area contributed by atoms with Gasteiger partial charge in [-0.05, 0) is 37.6 Å². The standard InChI is InChI=1S/C13H25N/c1-11(10-14-13-7-8-13)9-12-5-3-2-4-6-12/h11-14H,2-10H2,1H3. The van der Waals surface area contributed by atoms with Crippen LogP contribution in [0.15, 0.2) is 0 Å². The van der Waals surface area contributed by atoms with Gasteiger partial charge in [0.25, 0.3) is 0 Å². The third-order valence-electron chi connectivity index (χ3n) is 3.79. The van der Waals surface area contributed by atoms with Crippen LogP contribution in [0.25, 0.3) is 0 Å². The lowest BCUT2D eigenvalue weighted by molar-refractivity contribution is 0.291. The molecule has 2 saturated carbocycles. The van der Waals surface area contributed by atoms with Crippen LogP contribution >= 0.6 is 0 Å². The molecule has 0 saturated heterocycles. The van der Waals surface area contributed by atoms with Crippen LogP contribution in [-0.4, -0.2) is 12.6 Å². The van der Waals surface area contributed by atoms with Gasteiger partial charge in [-0.15, -0.1) is 0 Å². The van der Waals surface area contributed by atoms with Crippen LogP contribution in [0.5, 0.6) is 0 Å². The van der Waals surface area contributed by atoms with Gasteiger partial charge in [-0.25, -0.2) is 0 Å². The summed E-state index contributed by atoms with van der Waals surface area (Å²) in [6.07, 6.45) is 11.8. The fourth-order valence-corrected chi connectivity index (χ4v) is 2.73. The third kappa shape index (κ3) is 3.61. The van der Waals surface area contributed by atoms with Crippen LogP contribution in [0.3, 0.4) is 0 Å². The second-order valence-corrected chi connectivity index (χ2v) is 5.53. The van der Waals surface area contributed by atoms with Gasteiger partial charge in [0.2, 0.25) is 0 Å². The van der Waals surface area contributed by atoms with Crippen molar-refractivity contribution >= 4 is 0 Å². The first-order valence-electron chi connectivity index (χ1n) is 6.58. The first kappa shape index (κ1) is 10.5. The highest BCUT2D eigenvalue weighted by Gasteiger charge is 2.22. The fraction of sp³-hybridized carbons (Fsp3) is 1.00. The van der Waals surface area contributed by atoms with E-state index in [-0.39, 0.29) is 0 Å². The molecule has 1 unspecified atom stereocenters. The lowest BCUT2D eigenvalue weighted by atomic mass is 9.83. The van der Waals surface area contributed by atoms with Crippen molar-refractivity contribution in [2.24, 2.45) is 11.8 Å². The lowest BCUT2D eigenvalue weighted by Crippen LogP contribution is -2.25. The molecule has 2 rings (SSSR count). The minimum Gasteiger partial charge on any atom is -0.314 e. The number of rotatable bonds is 5. The van der Waals surface area contributed by atoms with Crippen LogP contribution < -0.4 is 5.32 Å². The quantitative estimate of drug-likeness (QED) is 0.709.